The number of hydrogen-bond acceptors (Lipinski definition) is 4. The van der Waals surface area contributed by atoms with Crippen molar-refractivity contribution >= 4 is 27.0 Å². The highest BCUT2D eigenvalue weighted by Crippen LogP contribution is 2.24. The van der Waals surface area contributed by atoms with Crippen molar-refractivity contribution in [1.82, 2.24) is 4.72 Å². The van der Waals surface area contributed by atoms with E-state index in [9.17, 15) is 8.42 Å². The summed E-state index contributed by atoms with van der Waals surface area (Å²) in [7, 11) is -3.57. The molecule has 6 heteroatoms. The van der Waals surface area contributed by atoms with Crippen LogP contribution in [-0.2, 0) is 16.4 Å². The molecule has 1 unspecified atom stereocenters. The number of thiophene rings is 1. The van der Waals surface area contributed by atoms with Gasteiger partial charge in [0.05, 0.1) is 10.9 Å². The third kappa shape index (κ3) is 3.20. The molecule has 0 aliphatic rings. The lowest BCUT2D eigenvalue weighted by atomic mass is 10.1. The number of hydrogen-bond donors (Lipinski definition) is 2. The van der Waals surface area contributed by atoms with Crippen LogP contribution in [0.2, 0.25) is 0 Å². The second-order valence-electron chi connectivity index (χ2n) is 4.58. The van der Waals surface area contributed by atoms with Gasteiger partial charge in [0.15, 0.2) is 0 Å². The molecule has 4 nitrogen and oxygen atoms in total. The van der Waals surface area contributed by atoms with Gasteiger partial charge in [-0.05, 0) is 42.5 Å². The molecule has 2 rings (SSSR count). The summed E-state index contributed by atoms with van der Waals surface area (Å²) in [5.74, 6) is 0. The van der Waals surface area contributed by atoms with Crippen LogP contribution >= 0.6 is 11.3 Å². The molecular weight excluding hydrogens is 292 g/mol. The van der Waals surface area contributed by atoms with E-state index in [0.29, 0.717) is 12.1 Å². The molecule has 1 atom stereocenters. The third-order valence-corrected chi connectivity index (χ3v) is 5.74. The number of aryl methyl sites for hydroxylation is 1. The molecule has 1 heterocycles. The maximum Gasteiger partial charge on any atom is 0.241 e. The van der Waals surface area contributed by atoms with Crippen LogP contribution in [0.3, 0.4) is 0 Å². The highest BCUT2D eigenvalue weighted by atomic mass is 32.2. The number of anilines is 1. The van der Waals surface area contributed by atoms with Crippen molar-refractivity contribution < 1.29 is 8.42 Å². The van der Waals surface area contributed by atoms with Crippen molar-refractivity contribution in [3.8, 4) is 0 Å². The average molecular weight is 310 g/mol. The van der Waals surface area contributed by atoms with E-state index < -0.39 is 10.0 Å². The Labute approximate surface area is 123 Å². The van der Waals surface area contributed by atoms with Crippen LogP contribution in [0.1, 0.15) is 30.3 Å². The zero-order chi connectivity index (χ0) is 14.8. The highest BCUT2D eigenvalue weighted by Gasteiger charge is 2.21. The first-order valence-electron chi connectivity index (χ1n) is 6.38. The Kier molecular flexibility index (Phi) is 4.47. The van der Waals surface area contributed by atoms with Crippen molar-refractivity contribution in [1.29, 1.82) is 0 Å². The molecule has 0 bridgehead atoms. The number of benzene rings is 1. The fourth-order valence-electron chi connectivity index (χ4n) is 2.01. The van der Waals surface area contributed by atoms with E-state index in [1.54, 1.807) is 12.1 Å². The predicted molar refractivity (Wildman–Crippen MR) is 83.3 cm³/mol. The summed E-state index contributed by atoms with van der Waals surface area (Å²) in [6.45, 7) is 3.76. The molecule has 0 radical (unpaired) electrons. The fourth-order valence-corrected chi connectivity index (χ4v) is 4.38. The minimum Gasteiger partial charge on any atom is -0.399 e. The van der Waals surface area contributed by atoms with Gasteiger partial charge in [-0.1, -0.05) is 19.1 Å². The first-order chi connectivity index (χ1) is 9.44. The van der Waals surface area contributed by atoms with Crippen molar-refractivity contribution in [2.75, 3.05) is 5.73 Å². The number of nitrogens with one attached hydrogen (secondary N) is 1. The van der Waals surface area contributed by atoms with Gasteiger partial charge in [-0.2, -0.15) is 0 Å². The van der Waals surface area contributed by atoms with Gasteiger partial charge in [0.2, 0.25) is 10.0 Å². The number of nitrogens with two attached hydrogens (primary N) is 1. The average Bonchev–Trinajstić information content (AvgIpc) is 2.92. The number of sulfonamides is 1. The van der Waals surface area contributed by atoms with Gasteiger partial charge in [0, 0.05) is 10.6 Å². The maximum atomic E-state index is 12.5. The first-order valence-corrected chi connectivity index (χ1v) is 8.74. The Morgan fingerprint density at radius 3 is 2.70 bits per heavy atom. The summed E-state index contributed by atoms with van der Waals surface area (Å²) >= 11 is 1.53. The van der Waals surface area contributed by atoms with Crippen molar-refractivity contribution in [3.63, 3.8) is 0 Å². The van der Waals surface area contributed by atoms with E-state index in [-0.39, 0.29) is 10.9 Å². The minimum atomic E-state index is -3.57. The van der Waals surface area contributed by atoms with Crippen LogP contribution in [0.15, 0.2) is 40.6 Å². The Bertz CT molecular complexity index is 679. The molecule has 0 amide bonds. The van der Waals surface area contributed by atoms with Gasteiger partial charge in [0.1, 0.15) is 0 Å². The van der Waals surface area contributed by atoms with Crippen LogP contribution < -0.4 is 10.5 Å². The molecule has 3 N–H and O–H groups in total. The Morgan fingerprint density at radius 1 is 1.35 bits per heavy atom. The van der Waals surface area contributed by atoms with Gasteiger partial charge in [-0.25, -0.2) is 13.1 Å². The summed E-state index contributed by atoms with van der Waals surface area (Å²) in [6.07, 6.45) is 0.643. The molecule has 20 heavy (non-hydrogen) atoms. The molecule has 2 aromatic rings. The Balaban J connectivity index is 2.33. The Hall–Kier alpha value is -1.37. The van der Waals surface area contributed by atoms with E-state index in [1.807, 2.05) is 31.4 Å². The van der Waals surface area contributed by atoms with Crippen LogP contribution in [0, 0.1) is 0 Å². The first kappa shape index (κ1) is 15.0. The summed E-state index contributed by atoms with van der Waals surface area (Å²) in [6, 6.07) is 8.56. The van der Waals surface area contributed by atoms with Crippen LogP contribution in [0.5, 0.6) is 0 Å². The van der Waals surface area contributed by atoms with Gasteiger partial charge in [0.25, 0.3) is 0 Å². The summed E-state index contributed by atoms with van der Waals surface area (Å²) in [5.41, 5.74) is 6.93. The minimum absolute atomic E-state index is 0.258. The molecule has 0 saturated heterocycles. The van der Waals surface area contributed by atoms with Crippen LogP contribution in [0.25, 0.3) is 0 Å². The lowest BCUT2D eigenvalue weighted by molar-refractivity contribution is 0.567. The van der Waals surface area contributed by atoms with E-state index in [1.165, 1.54) is 17.4 Å². The van der Waals surface area contributed by atoms with Crippen molar-refractivity contribution in [2.24, 2.45) is 0 Å². The zero-order valence-electron chi connectivity index (χ0n) is 11.5. The topological polar surface area (TPSA) is 72.2 Å². The molecule has 1 aromatic carbocycles. The molecular formula is C14H18N2O2S2. The van der Waals surface area contributed by atoms with Gasteiger partial charge in [-0.3, -0.25) is 0 Å². The normalized spacial score (nSPS) is 13.3. The summed E-state index contributed by atoms with van der Waals surface area (Å²) < 4.78 is 27.7. The quantitative estimate of drug-likeness (QED) is 0.834. The molecule has 0 aliphatic carbocycles. The van der Waals surface area contributed by atoms with Crippen LogP contribution in [0.4, 0.5) is 5.69 Å². The van der Waals surface area contributed by atoms with E-state index in [4.69, 9.17) is 5.73 Å². The van der Waals surface area contributed by atoms with E-state index in [0.717, 1.165) is 10.4 Å². The number of rotatable bonds is 5. The third-order valence-electron chi connectivity index (χ3n) is 3.06. The highest BCUT2D eigenvalue weighted by molar-refractivity contribution is 7.89. The number of nitrogen functional groups attached to an aromatic ring is 1. The SMILES string of the molecule is CCc1ccc(N)cc1S(=O)(=O)NC(C)c1cccs1. The predicted octanol–water partition coefficient (Wildman–Crippen LogP) is 2.93. The van der Waals surface area contributed by atoms with E-state index in [2.05, 4.69) is 4.72 Å². The standard InChI is InChI=1S/C14H18N2O2S2/c1-3-11-6-7-12(15)9-14(11)20(17,18)16-10(2)13-5-4-8-19-13/h4-10,16H,3,15H2,1-2H3. The lowest BCUT2D eigenvalue weighted by Gasteiger charge is -2.15. The maximum absolute atomic E-state index is 12.5. The molecule has 1 aromatic heterocycles. The van der Waals surface area contributed by atoms with Crippen LogP contribution in [-0.4, -0.2) is 8.42 Å². The smallest absolute Gasteiger partial charge is 0.241 e. The summed E-state index contributed by atoms with van der Waals surface area (Å²) in [5, 5.41) is 1.93. The molecule has 0 aliphatic heterocycles. The Morgan fingerprint density at radius 2 is 2.10 bits per heavy atom. The zero-order valence-corrected chi connectivity index (χ0v) is 13.1. The van der Waals surface area contributed by atoms with Gasteiger partial charge >= 0.3 is 0 Å². The molecule has 0 spiro atoms. The summed E-state index contributed by atoms with van der Waals surface area (Å²) in [4.78, 5) is 1.25. The van der Waals surface area contributed by atoms with Crippen molar-refractivity contribution in [3.05, 3.63) is 46.2 Å². The molecule has 0 saturated carbocycles. The second kappa shape index (κ2) is 5.95. The molecule has 108 valence electrons. The second-order valence-corrected chi connectivity index (χ2v) is 7.24. The van der Waals surface area contributed by atoms with Gasteiger partial charge in [-0.15, -0.1) is 11.3 Å². The lowest BCUT2D eigenvalue weighted by Crippen LogP contribution is -2.27. The monoisotopic (exact) mass is 310 g/mol. The fraction of sp³-hybridized carbons (Fsp3) is 0.286. The van der Waals surface area contributed by atoms with Crippen molar-refractivity contribution in [2.45, 2.75) is 31.2 Å². The van der Waals surface area contributed by atoms with Gasteiger partial charge < -0.3 is 5.73 Å². The molecule has 0 fully saturated rings. The largest absolute Gasteiger partial charge is 0.399 e. The van der Waals surface area contributed by atoms with E-state index >= 15 is 0 Å².